The van der Waals surface area contributed by atoms with Gasteiger partial charge < -0.3 is 10.2 Å². The summed E-state index contributed by atoms with van der Waals surface area (Å²) < 4.78 is 0. The van der Waals surface area contributed by atoms with E-state index in [-0.39, 0.29) is 0 Å². The SMILES string of the molecule is CNCC1(CN(C)c2ccccc2)CCCCCC1. The molecule has 0 saturated heterocycles. The number of hydrogen-bond acceptors (Lipinski definition) is 2. The average molecular weight is 260 g/mol. The third-order valence-electron chi connectivity index (χ3n) is 4.49. The van der Waals surface area contributed by atoms with Gasteiger partial charge in [0.25, 0.3) is 0 Å². The monoisotopic (exact) mass is 260 g/mol. The van der Waals surface area contributed by atoms with Crippen LogP contribution in [0.5, 0.6) is 0 Å². The fourth-order valence-corrected chi connectivity index (χ4v) is 3.52. The van der Waals surface area contributed by atoms with Crippen LogP contribution in [0.25, 0.3) is 0 Å². The molecule has 0 bridgehead atoms. The molecule has 0 aliphatic heterocycles. The predicted octanol–water partition coefficient (Wildman–Crippen LogP) is 3.68. The van der Waals surface area contributed by atoms with Crippen LogP contribution in [0.15, 0.2) is 30.3 Å². The fourth-order valence-electron chi connectivity index (χ4n) is 3.52. The van der Waals surface area contributed by atoms with Gasteiger partial charge in [-0.15, -0.1) is 0 Å². The maximum Gasteiger partial charge on any atom is 0.0363 e. The molecule has 2 rings (SSSR count). The van der Waals surface area contributed by atoms with E-state index in [2.05, 4.69) is 54.6 Å². The molecule has 0 heterocycles. The van der Waals surface area contributed by atoms with Crippen LogP contribution in [-0.4, -0.2) is 27.2 Å². The van der Waals surface area contributed by atoms with Crippen molar-refractivity contribution in [1.82, 2.24) is 5.32 Å². The molecule has 1 fully saturated rings. The first-order valence-electron chi connectivity index (χ1n) is 7.67. The number of para-hydroxylation sites is 1. The smallest absolute Gasteiger partial charge is 0.0363 e. The molecule has 0 radical (unpaired) electrons. The number of benzene rings is 1. The quantitative estimate of drug-likeness (QED) is 0.812. The van der Waals surface area contributed by atoms with Crippen molar-refractivity contribution in [2.24, 2.45) is 5.41 Å². The summed E-state index contributed by atoms with van der Waals surface area (Å²) in [5, 5.41) is 3.44. The number of hydrogen-bond donors (Lipinski definition) is 1. The summed E-state index contributed by atoms with van der Waals surface area (Å²) in [5.74, 6) is 0. The lowest BCUT2D eigenvalue weighted by molar-refractivity contribution is 0.245. The van der Waals surface area contributed by atoms with Crippen molar-refractivity contribution in [3.05, 3.63) is 30.3 Å². The summed E-state index contributed by atoms with van der Waals surface area (Å²) in [6.07, 6.45) is 8.35. The van der Waals surface area contributed by atoms with Gasteiger partial charge >= 0.3 is 0 Å². The molecule has 1 saturated carbocycles. The first kappa shape index (κ1) is 14.4. The molecule has 1 aromatic rings. The molecule has 0 spiro atoms. The van der Waals surface area contributed by atoms with Crippen molar-refractivity contribution >= 4 is 5.69 Å². The molecule has 19 heavy (non-hydrogen) atoms. The van der Waals surface area contributed by atoms with Gasteiger partial charge in [-0.1, -0.05) is 43.9 Å². The Bertz CT molecular complexity index is 353. The van der Waals surface area contributed by atoms with Crippen molar-refractivity contribution in [3.63, 3.8) is 0 Å². The Balaban J connectivity index is 2.07. The van der Waals surface area contributed by atoms with Gasteiger partial charge in [-0.3, -0.25) is 0 Å². The molecule has 0 unspecified atom stereocenters. The highest BCUT2D eigenvalue weighted by molar-refractivity contribution is 5.45. The van der Waals surface area contributed by atoms with Crippen LogP contribution in [0.4, 0.5) is 5.69 Å². The summed E-state index contributed by atoms with van der Waals surface area (Å²) in [6.45, 7) is 2.31. The van der Waals surface area contributed by atoms with E-state index in [0.717, 1.165) is 13.1 Å². The third kappa shape index (κ3) is 3.97. The minimum Gasteiger partial charge on any atom is -0.374 e. The lowest BCUT2D eigenvalue weighted by Crippen LogP contribution is -2.42. The van der Waals surface area contributed by atoms with Gasteiger partial charge in [-0.05, 0) is 32.0 Å². The highest BCUT2D eigenvalue weighted by Gasteiger charge is 2.31. The van der Waals surface area contributed by atoms with Crippen LogP contribution < -0.4 is 10.2 Å². The standard InChI is InChI=1S/C17H28N2/c1-18-14-17(12-8-3-4-9-13-17)15-19(2)16-10-6-5-7-11-16/h5-7,10-11,18H,3-4,8-9,12-15H2,1-2H3. The summed E-state index contributed by atoms with van der Waals surface area (Å²) in [7, 11) is 4.33. The number of nitrogens with one attached hydrogen (secondary N) is 1. The molecular formula is C17H28N2. The minimum atomic E-state index is 0.454. The zero-order chi connectivity index (χ0) is 13.6. The number of rotatable bonds is 5. The van der Waals surface area contributed by atoms with Crippen LogP contribution in [0.3, 0.4) is 0 Å². The van der Waals surface area contributed by atoms with Crippen molar-refractivity contribution in [1.29, 1.82) is 0 Å². The maximum absolute atomic E-state index is 3.44. The Kier molecular flexibility index (Phi) is 5.26. The van der Waals surface area contributed by atoms with E-state index in [9.17, 15) is 0 Å². The fraction of sp³-hybridized carbons (Fsp3) is 0.647. The molecule has 0 aromatic heterocycles. The van der Waals surface area contributed by atoms with E-state index < -0.39 is 0 Å². The summed E-state index contributed by atoms with van der Waals surface area (Å²) >= 11 is 0. The first-order valence-corrected chi connectivity index (χ1v) is 7.67. The minimum absolute atomic E-state index is 0.454. The molecule has 1 aliphatic rings. The van der Waals surface area contributed by atoms with Gasteiger partial charge in [0.05, 0.1) is 0 Å². The Labute approximate surface area is 118 Å². The van der Waals surface area contributed by atoms with E-state index in [1.165, 1.54) is 44.2 Å². The van der Waals surface area contributed by atoms with Crippen LogP contribution >= 0.6 is 0 Å². The molecule has 2 heteroatoms. The number of nitrogens with zero attached hydrogens (tertiary/aromatic N) is 1. The third-order valence-corrected chi connectivity index (χ3v) is 4.49. The van der Waals surface area contributed by atoms with Gasteiger partial charge in [-0.25, -0.2) is 0 Å². The lowest BCUT2D eigenvalue weighted by Gasteiger charge is -2.37. The van der Waals surface area contributed by atoms with Gasteiger partial charge in [0.15, 0.2) is 0 Å². The topological polar surface area (TPSA) is 15.3 Å². The lowest BCUT2D eigenvalue weighted by atomic mass is 9.79. The molecule has 106 valence electrons. The maximum atomic E-state index is 3.44. The highest BCUT2D eigenvalue weighted by Crippen LogP contribution is 2.36. The average Bonchev–Trinajstić information content (AvgIpc) is 2.66. The van der Waals surface area contributed by atoms with Crippen molar-refractivity contribution in [2.45, 2.75) is 38.5 Å². The molecular weight excluding hydrogens is 232 g/mol. The van der Waals surface area contributed by atoms with Gasteiger partial charge in [-0.2, -0.15) is 0 Å². The molecule has 1 aliphatic carbocycles. The Morgan fingerprint density at radius 1 is 1.05 bits per heavy atom. The van der Waals surface area contributed by atoms with Crippen LogP contribution in [0.1, 0.15) is 38.5 Å². The van der Waals surface area contributed by atoms with Crippen molar-refractivity contribution < 1.29 is 0 Å². The van der Waals surface area contributed by atoms with Gasteiger partial charge in [0.1, 0.15) is 0 Å². The highest BCUT2D eigenvalue weighted by atomic mass is 15.1. The molecule has 0 amide bonds. The summed E-state index contributed by atoms with van der Waals surface area (Å²) in [6, 6.07) is 10.8. The second-order valence-corrected chi connectivity index (χ2v) is 6.14. The Morgan fingerprint density at radius 3 is 2.26 bits per heavy atom. The van der Waals surface area contributed by atoms with E-state index >= 15 is 0 Å². The largest absolute Gasteiger partial charge is 0.374 e. The second kappa shape index (κ2) is 6.95. The van der Waals surface area contributed by atoms with E-state index in [1.807, 2.05) is 0 Å². The summed E-state index contributed by atoms with van der Waals surface area (Å²) in [5.41, 5.74) is 1.79. The molecule has 0 atom stereocenters. The van der Waals surface area contributed by atoms with Crippen LogP contribution in [-0.2, 0) is 0 Å². The van der Waals surface area contributed by atoms with E-state index in [0.29, 0.717) is 5.41 Å². The Morgan fingerprint density at radius 2 is 1.68 bits per heavy atom. The van der Waals surface area contributed by atoms with E-state index in [4.69, 9.17) is 0 Å². The molecule has 1 N–H and O–H groups in total. The van der Waals surface area contributed by atoms with Crippen LogP contribution in [0, 0.1) is 5.41 Å². The number of anilines is 1. The van der Waals surface area contributed by atoms with Gasteiger partial charge in [0.2, 0.25) is 0 Å². The zero-order valence-corrected chi connectivity index (χ0v) is 12.5. The van der Waals surface area contributed by atoms with Crippen molar-refractivity contribution in [2.75, 3.05) is 32.1 Å². The Hall–Kier alpha value is -1.02. The molecule has 1 aromatic carbocycles. The summed E-state index contributed by atoms with van der Waals surface area (Å²) in [4.78, 5) is 2.43. The van der Waals surface area contributed by atoms with Gasteiger partial charge in [0, 0.05) is 31.2 Å². The van der Waals surface area contributed by atoms with Crippen LogP contribution in [0.2, 0.25) is 0 Å². The second-order valence-electron chi connectivity index (χ2n) is 6.14. The normalized spacial score (nSPS) is 18.8. The first-order chi connectivity index (χ1) is 9.26. The van der Waals surface area contributed by atoms with E-state index in [1.54, 1.807) is 0 Å². The predicted molar refractivity (Wildman–Crippen MR) is 83.8 cm³/mol. The molecule has 2 nitrogen and oxygen atoms in total. The zero-order valence-electron chi connectivity index (χ0n) is 12.5. The van der Waals surface area contributed by atoms with Crippen molar-refractivity contribution in [3.8, 4) is 0 Å².